The lowest BCUT2D eigenvalue weighted by Crippen LogP contribution is -2.18. The zero-order valence-electron chi connectivity index (χ0n) is 18.1. The fourth-order valence-electron chi connectivity index (χ4n) is 2.98. The van der Waals surface area contributed by atoms with Gasteiger partial charge in [0.1, 0.15) is 22.7 Å². The molecule has 2 aromatic carbocycles. The van der Waals surface area contributed by atoms with Crippen LogP contribution < -0.4 is 20.7 Å². The first-order valence-electron chi connectivity index (χ1n) is 10.0. The first kappa shape index (κ1) is 22.6. The SMILES string of the molecule is CC#CC(=O)Nc1cc(Nc2nc3cc(Oc4ccnc(C(=O)NC)c4)ccc3o2)ccc1Cl. The Morgan fingerprint density at radius 1 is 1.09 bits per heavy atom. The molecular formula is C24H18ClN5O4. The van der Waals surface area contributed by atoms with Crippen LogP contribution in [0.4, 0.5) is 17.4 Å². The second kappa shape index (κ2) is 9.94. The lowest BCUT2D eigenvalue weighted by Gasteiger charge is -2.07. The number of benzene rings is 2. The Bertz CT molecular complexity index is 1450. The largest absolute Gasteiger partial charge is 0.457 e. The Morgan fingerprint density at radius 3 is 2.71 bits per heavy atom. The maximum atomic E-state index is 11.8. The topological polar surface area (TPSA) is 118 Å². The number of rotatable bonds is 6. The van der Waals surface area contributed by atoms with Crippen molar-refractivity contribution >= 4 is 51.9 Å². The monoisotopic (exact) mass is 475 g/mol. The van der Waals surface area contributed by atoms with E-state index < -0.39 is 5.91 Å². The van der Waals surface area contributed by atoms with Crippen molar-refractivity contribution in [1.29, 1.82) is 0 Å². The first-order valence-corrected chi connectivity index (χ1v) is 10.4. The minimum Gasteiger partial charge on any atom is -0.457 e. The van der Waals surface area contributed by atoms with Gasteiger partial charge >= 0.3 is 0 Å². The number of hydrogen-bond donors (Lipinski definition) is 3. The van der Waals surface area contributed by atoms with E-state index in [2.05, 4.69) is 37.8 Å². The molecule has 2 amide bonds. The van der Waals surface area contributed by atoms with Gasteiger partial charge in [-0.25, -0.2) is 0 Å². The Labute approximate surface area is 199 Å². The number of nitrogens with zero attached hydrogens (tertiary/aromatic N) is 2. The third kappa shape index (κ3) is 5.26. The van der Waals surface area contributed by atoms with Crippen LogP contribution in [0.1, 0.15) is 17.4 Å². The highest BCUT2D eigenvalue weighted by Crippen LogP contribution is 2.30. The summed E-state index contributed by atoms with van der Waals surface area (Å²) in [4.78, 5) is 32.0. The van der Waals surface area contributed by atoms with E-state index in [0.717, 1.165) is 0 Å². The van der Waals surface area contributed by atoms with Gasteiger partial charge in [0, 0.05) is 31.1 Å². The maximum absolute atomic E-state index is 11.8. The highest BCUT2D eigenvalue weighted by atomic mass is 35.5. The van der Waals surface area contributed by atoms with Crippen molar-refractivity contribution in [1.82, 2.24) is 15.3 Å². The van der Waals surface area contributed by atoms with E-state index in [4.69, 9.17) is 20.8 Å². The summed E-state index contributed by atoms with van der Waals surface area (Å²) in [5.41, 5.74) is 2.34. The van der Waals surface area contributed by atoms with Gasteiger partial charge < -0.3 is 25.1 Å². The summed E-state index contributed by atoms with van der Waals surface area (Å²) in [5.74, 6) is 5.12. The first-order chi connectivity index (χ1) is 16.4. The molecular weight excluding hydrogens is 458 g/mol. The number of oxazole rings is 1. The minimum absolute atomic E-state index is 0.242. The molecule has 4 aromatic rings. The van der Waals surface area contributed by atoms with E-state index in [-0.39, 0.29) is 17.6 Å². The molecule has 34 heavy (non-hydrogen) atoms. The van der Waals surface area contributed by atoms with Crippen molar-refractivity contribution in [3.8, 4) is 23.3 Å². The zero-order valence-corrected chi connectivity index (χ0v) is 18.9. The second-order valence-corrected chi connectivity index (χ2v) is 7.26. The van der Waals surface area contributed by atoms with Gasteiger partial charge in [-0.3, -0.25) is 14.6 Å². The van der Waals surface area contributed by atoms with E-state index in [9.17, 15) is 9.59 Å². The van der Waals surface area contributed by atoms with Crippen LogP contribution >= 0.6 is 11.6 Å². The Hall–Kier alpha value is -4.55. The lowest BCUT2D eigenvalue weighted by atomic mass is 10.2. The number of anilines is 3. The molecule has 0 saturated carbocycles. The van der Waals surface area contributed by atoms with E-state index >= 15 is 0 Å². The fraction of sp³-hybridized carbons (Fsp3) is 0.0833. The Morgan fingerprint density at radius 2 is 1.91 bits per heavy atom. The zero-order chi connectivity index (χ0) is 24.1. The van der Waals surface area contributed by atoms with Gasteiger partial charge in [0.05, 0.1) is 10.7 Å². The second-order valence-electron chi connectivity index (χ2n) is 6.86. The molecule has 3 N–H and O–H groups in total. The number of carbonyl (C=O) groups is 2. The van der Waals surface area contributed by atoms with Crippen LogP contribution in [0.15, 0.2) is 59.1 Å². The molecule has 0 spiro atoms. The fourth-order valence-corrected chi connectivity index (χ4v) is 3.14. The van der Waals surface area contributed by atoms with Gasteiger partial charge in [0.2, 0.25) is 0 Å². The Kier molecular flexibility index (Phi) is 6.62. The summed E-state index contributed by atoms with van der Waals surface area (Å²) in [6.45, 7) is 1.57. The van der Waals surface area contributed by atoms with E-state index in [1.807, 2.05) is 0 Å². The lowest BCUT2D eigenvalue weighted by molar-refractivity contribution is -0.111. The van der Waals surface area contributed by atoms with Gasteiger partial charge in [-0.15, -0.1) is 0 Å². The van der Waals surface area contributed by atoms with Crippen LogP contribution in [-0.4, -0.2) is 28.8 Å². The smallest absolute Gasteiger partial charge is 0.300 e. The number of nitrogens with one attached hydrogen (secondary N) is 3. The van der Waals surface area contributed by atoms with Crippen LogP contribution in [0.25, 0.3) is 11.1 Å². The normalized spacial score (nSPS) is 10.2. The molecule has 10 heteroatoms. The van der Waals surface area contributed by atoms with Crippen LogP contribution in [-0.2, 0) is 4.79 Å². The van der Waals surface area contributed by atoms with Crippen LogP contribution in [0.3, 0.4) is 0 Å². The molecule has 2 heterocycles. The van der Waals surface area contributed by atoms with E-state index in [0.29, 0.717) is 39.0 Å². The molecule has 0 unspecified atom stereocenters. The molecule has 0 atom stereocenters. The number of carbonyl (C=O) groups excluding carboxylic acids is 2. The molecule has 0 aliphatic heterocycles. The van der Waals surface area contributed by atoms with Gasteiger partial charge in [0.15, 0.2) is 5.58 Å². The van der Waals surface area contributed by atoms with Crippen molar-refractivity contribution in [2.75, 3.05) is 17.7 Å². The molecule has 170 valence electrons. The number of amides is 2. The van der Waals surface area contributed by atoms with Crippen molar-refractivity contribution in [3.63, 3.8) is 0 Å². The van der Waals surface area contributed by atoms with Crippen molar-refractivity contribution in [3.05, 3.63) is 65.4 Å². The van der Waals surface area contributed by atoms with Crippen LogP contribution in [0.5, 0.6) is 11.5 Å². The summed E-state index contributed by atoms with van der Waals surface area (Å²) >= 11 is 6.16. The highest BCUT2D eigenvalue weighted by Gasteiger charge is 2.11. The number of pyridine rings is 1. The van der Waals surface area contributed by atoms with Crippen molar-refractivity contribution in [2.24, 2.45) is 0 Å². The number of hydrogen-bond acceptors (Lipinski definition) is 7. The summed E-state index contributed by atoms with van der Waals surface area (Å²) in [6, 6.07) is 13.6. The van der Waals surface area contributed by atoms with Crippen LogP contribution in [0.2, 0.25) is 5.02 Å². The average Bonchev–Trinajstić information content (AvgIpc) is 3.22. The predicted octanol–water partition coefficient (Wildman–Crippen LogP) is 4.73. The third-order valence-corrected chi connectivity index (χ3v) is 4.82. The van der Waals surface area contributed by atoms with Crippen molar-refractivity contribution < 1.29 is 18.7 Å². The summed E-state index contributed by atoms with van der Waals surface area (Å²) in [7, 11) is 1.53. The maximum Gasteiger partial charge on any atom is 0.300 e. The number of halogens is 1. The average molecular weight is 476 g/mol. The van der Waals surface area contributed by atoms with Crippen LogP contribution in [0, 0.1) is 11.8 Å². The summed E-state index contributed by atoms with van der Waals surface area (Å²) < 4.78 is 11.6. The summed E-state index contributed by atoms with van der Waals surface area (Å²) in [5, 5.41) is 8.56. The van der Waals surface area contributed by atoms with Gasteiger partial charge in [0.25, 0.3) is 17.8 Å². The number of ether oxygens (including phenoxy) is 1. The minimum atomic E-state index is -0.465. The summed E-state index contributed by atoms with van der Waals surface area (Å²) in [6.07, 6.45) is 1.49. The van der Waals surface area contributed by atoms with Crippen molar-refractivity contribution in [2.45, 2.75) is 6.92 Å². The van der Waals surface area contributed by atoms with Gasteiger partial charge in [-0.1, -0.05) is 17.5 Å². The predicted molar refractivity (Wildman–Crippen MR) is 129 cm³/mol. The number of fused-ring (bicyclic) bond motifs is 1. The van der Waals surface area contributed by atoms with Gasteiger partial charge in [-0.05, 0) is 49.2 Å². The Balaban J connectivity index is 1.52. The molecule has 0 fully saturated rings. The number of aromatic nitrogens is 2. The van der Waals surface area contributed by atoms with E-state index in [1.54, 1.807) is 55.5 Å². The molecule has 0 aliphatic rings. The highest BCUT2D eigenvalue weighted by molar-refractivity contribution is 6.34. The van der Waals surface area contributed by atoms with E-state index in [1.165, 1.54) is 13.2 Å². The molecule has 4 rings (SSSR count). The van der Waals surface area contributed by atoms with Gasteiger partial charge in [-0.2, -0.15) is 4.98 Å². The molecule has 0 bridgehead atoms. The quantitative estimate of drug-likeness (QED) is 0.345. The molecule has 0 radical (unpaired) electrons. The standard InChI is InChI=1S/C24H18ClN5O4/c1-3-4-22(31)29-18-11-14(5-7-17(18)25)28-24-30-19-12-15(6-8-21(19)34-24)33-16-9-10-27-20(13-16)23(32)26-2/h5-13H,1-2H3,(H,26,32)(H,28,30)(H,29,31). The molecule has 9 nitrogen and oxygen atoms in total. The molecule has 2 aromatic heterocycles. The molecule has 0 aliphatic carbocycles. The third-order valence-electron chi connectivity index (χ3n) is 4.49. The molecule has 0 saturated heterocycles.